The molecule has 2 atom stereocenters. The van der Waals surface area contributed by atoms with Gasteiger partial charge in [-0.15, -0.1) is 0 Å². The van der Waals surface area contributed by atoms with E-state index in [1.807, 2.05) is 0 Å². The van der Waals surface area contributed by atoms with Crippen molar-refractivity contribution in [1.29, 1.82) is 0 Å². The number of ketones is 1. The highest BCUT2D eigenvalue weighted by Crippen LogP contribution is 2.18. The first-order valence-corrected chi connectivity index (χ1v) is 2.88. The van der Waals surface area contributed by atoms with Crippen molar-refractivity contribution in [2.45, 2.75) is 18.4 Å². The minimum absolute atomic E-state index is 1.11. The molecule has 0 aliphatic rings. The zero-order valence-electron chi connectivity index (χ0n) is 5.75. The Morgan fingerprint density at radius 1 is 1.33 bits per heavy atom. The van der Waals surface area contributed by atoms with E-state index in [1.165, 1.54) is 0 Å². The van der Waals surface area contributed by atoms with Crippen molar-refractivity contribution in [3.63, 3.8) is 0 Å². The molecule has 72 valence electrons. The molecule has 0 aromatic rings. The Morgan fingerprint density at radius 2 is 1.75 bits per heavy atom. The van der Waals surface area contributed by atoms with E-state index in [4.69, 9.17) is 15.3 Å². The lowest BCUT2D eigenvalue weighted by molar-refractivity contribution is -0.185. The van der Waals surface area contributed by atoms with Crippen molar-refractivity contribution >= 4 is 5.78 Å². The number of aliphatic hydroxyl groups excluding tert-OH is 3. The summed E-state index contributed by atoms with van der Waals surface area (Å²) >= 11 is 0. The summed E-state index contributed by atoms with van der Waals surface area (Å²) in [5.74, 6) is -2.47. The van der Waals surface area contributed by atoms with Gasteiger partial charge in [0.15, 0.2) is 0 Å². The van der Waals surface area contributed by atoms with Crippen molar-refractivity contribution < 1.29 is 33.3 Å². The molecule has 0 heterocycles. The SMILES string of the molecule is O=C([C@@H](O)[C@H](O)CO)C(F)(F)F. The fourth-order valence-corrected chi connectivity index (χ4v) is 0.442. The number of hydrogen-bond donors (Lipinski definition) is 3. The number of rotatable bonds is 3. The van der Waals surface area contributed by atoms with Gasteiger partial charge in [0.25, 0.3) is 5.78 Å². The smallest absolute Gasteiger partial charge is 0.394 e. The van der Waals surface area contributed by atoms with Crippen LogP contribution in [0.5, 0.6) is 0 Å². The van der Waals surface area contributed by atoms with Crippen molar-refractivity contribution in [2.75, 3.05) is 6.61 Å². The van der Waals surface area contributed by atoms with Crippen LogP contribution < -0.4 is 0 Å². The van der Waals surface area contributed by atoms with Crippen LogP contribution in [-0.4, -0.2) is 46.1 Å². The largest absolute Gasteiger partial charge is 0.452 e. The number of aliphatic hydroxyl groups is 3. The second-order valence-corrected chi connectivity index (χ2v) is 2.06. The van der Waals surface area contributed by atoms with Gasteiger partial charge in [0.2, 0.25) is 0 Å². The van der Waals surface area contributed by atoms with Crippen molar-refractivity contribution in [2.24, 2.45) is 0 Å². The number of carbonyl (C=O) groups excluding carboxylic acids is 1. The van der Waals surface area contributed by atoms with E-state index < -0.39 is 30.8 Å². The summed E-state index contributed by atoms with van der Waals surface area (Å²) in [6.07, 6.45) is -9.91. The molecule has 0 saturated heterocycles. The molecule has 0 aliphatic carbocycles. The van der Waals surface area contributed by atoms with Gasteiger partial charge in [0, 0.05) is 0 Å². The van der Waals surface area contributed by atoms with Gasteiger partial charge in [-0.05, 0) is 0 Å². The topological polar surface area (TPSA) is 77.8 Å². The van der Waals surface area contributed by atoms with Gasteiger partial charge < -0.3 is 15.3 Å². The average Bonchev–Trinajstić information content (AvgIpc) is 1.98. The molecule has 4 nitrogen and oxygen atoms in total. The number of alkyl halides is 3. The van der Waals surface area contributed by atoms with Crippen LogP contribution in [0.4, 0.5) is 13.2 Å². The van der Waals surface area contributed by atoms with Crippen LogP contribution in [0, 0.1) is 0 Å². The van der Waals surface area contributed by atoms with Gasteiger partial charge in [-0.1, -0.05) is 0 Å². The van der Waals surface area contributed by atoms with Crippen LogP contribution in [0.2, 0.25) is 0 Å². The highest BCUT2D eigenvalue weighted by Gasteiger charge is 2.45. The molecule has 0 unspecified atom stereocenters. The molecular formula is C5H7F3O4. The molecule has 12 heavy (non-hydrogen) atoms. The van der Waals surface area contributed by atoms with Crippen LogP contribution in [-0.2, 0) is 4.79 Å². The van der Waals surface area contributed by atoms with E-state index in [9.17, 15) is 18.0 Å². The van der Waals surface area contributed by atoms with E-state index in [-0.39, 0.29) is 0 Å². The maximum absolute atomic E-state index is 11.5. The summed E-state index contributed by atoms with van der Waals surface area (Å²) in [6.45, 7) is -1.11. The zero-order chi connectivity index (χ0) is 9.94. The number of hydrogen-bond acceptors (Lipinski definition) is 4. The van der Waals surface area contributed by atoms with Gasteiger partial charge in [0.05, 0.1) is 6.61 Å². The fourth-order valence-electron chi connectivity index (χ4n) is 0.442. The van der Waals surface area contributed by atoms with Crippen LogP contribution in [0.25, 0.3) is 0 Å². The number of Topliss-reactive ketones (excluding diaryl/α,β-unsaturated/α-hetero) is 1. The second-order valence-electron chi connectivity index (χ2n) is 2.06. The van der Waals surface area contributed by atoms with Crippen molar-refractivity contribution in [1.82, 2.24) is 0 Å². The predicted molar refractivity (Wildman–Crippen MR) is 30.2 cm³/mol. The molecule has 0 radical (unpaired) electrons. The summed E-state index contributed by atoms with van der Waals surface area (Å²) in [7, 11) is 0. The summed E-state index contributed by atoms with van der Waals surface area (Å²) < 4.78 is 34.5. The highest BCUT2D eigenvalue weighted by atomic mass is 19.4. The van der Waals surface area contributed by atoms with Crippen LogP contribution in [0.1, 0.15) is 0 Å². The van der Waals surface area contributed by atoms with E-state index in [0.29, 0.717) is 0 Å². The summed E-state index contributed by atoms with van der Waals surface area (Å²) in [5, 5.41) is 25.0. The fraction of sp³-hybridized carbons (Fsp3) is 0.800. The third kappa shape index (κ3) is 2.76. The first-order chi connectivity index (χ1) is 5.30. The third-order valence-electron chi connectivity index (χ3n) is 1.10. The van der Waals surface area contributed by atoms with Crippen LogP contribution >= 0.6 is 0 Å². The second kappa shape index (κ2) is 3.83. The standard InChI is InChI=1S/C5H7F3O4/c6-5(7,8)4(12)3(11)2(10)1-9/h2-3,9-11H,1H2/t2-,3+/m1/s1. The predicted octanol–water partition coefficient (Wildman–Crippen LogP) is -1.17. The quantitative estimate of drug-likeness (QED) is 0.521. The first kappa shape index (κ1) is 11.3. The Balaban J connectivity index is 4.30. The van der Waals surface area contributed by atoms with Gasteiger partial charge in [-0.25, -0.2) is 0 Å². The summed E-state index contributed by atoms with van der Waals surface area (Å²) in [5.41, 5.74) is 0. The molecule has 0 spiro atoms. The Bertz CT molecular complexity index is 167. The molecule has 0 fully saturated rings. The molecule has 3 N–H and O–H groups in total. The summed E-state index contributed by atoms with van der Waals surface area (Å²) in [4.78, 5) is 10.1. The van der Waals surface area contributed by atoms with Crippen molar-refractivity contribution in [3.8, 4) is 0 Å². The lowest BCUT2D eigenvalue weighted by Gasteiger charge is -2.15. The van der Waals surface area contributed by atoms with Gasteiger partial charge >= 0.3 is 6.18 Å². The number of halogens is 3. The van der Waals surface area contributed by atoms with Gasteiger partial charge in [0.1, 0.15) is 12.2 Å². The Morgan fingerprint density at radius 3 is 2.00 bits per heavy atom. The Hall–Kier alpha value is -0.660. The highest BCUT2D eigenvalue weighted by molar-refractivity contribution is 5.88. The van der Waals surface area contributed by atoms with E-state index >= 15 is 0 Å². The molecule has 0 amide bonds. The average molecular weight is 188 g/mol. The molecule has 0 aromatic heterocycles. The maximum Gasteiger partial charge on any atom is 0.452 e. The molecule has 0 bridgehead atoms. The first-order valence-electron chi connectivity index (χ1n) is 2.88. The minimum atomic E-state index is -5.20. The normalized spacial score (nSPS) is 17.2. The van der Waals surface area contributed by atoms with E-state index in [2.05, 4.69) is 0 Å². The Kier molecular flexibility index (Phi) is 3.62. The molecule has 0 aliphatic heterocycles. The molecular weight excluding hydrogens is 181 g/mol. The third-order valence-corrected chi connectivity index (χ3v) is 1.10. The molecule has 0 saturated carbocycles. The van der Waals surface area contributed by atoms with Crippen LogP contribution in [0.3, 0.4) is 0 Å². The van der Waals surface area contributed by atoms with Crippen molar-refractivity contribution in [3.05, 3.63) is 0 Å². The van der Waals surface area contributed by atoms with E-state index in [1.54, 1.807) is 0 Å². The molecule has 0 rings (SSSR count). The summed E-state index contributed by atoms with van der Waals surface area (Å²) in [6, 6.07) is 0. The minimum Gasteiger partial charge on any atom is -0.394 e. The van der Waals surface area contributed by atoms with Crippen LogP contribution in [0.15, 0.2) is 0 Å². The van der Waals surface area contributed by atoms with E-state index in [0.717, 1.165) is 0 Å². The lowest BCUT2D eigenvalue weighted by Crippen LogP contribution is -2.43. The monoisotopic (exact) mass is 188 g/mol. The van der Waals surface area contributed by atoms with Gasteiger partial charge in [-0.3, -0.25) is 4.79 Å². The maximum atomic E-state index is 11.5. The molecule has 0 aromatic carbocycles. The van der Waals surface area contributed by atoms with Gasteiger partial charge in [-0.2, -0.15) is 13.2 Å². The Labute approximate surface area is 65.2 Å². The zero-order valence-corrected chi connectivity index (χ0v) is 5.75. The number of carbonyl (C=O) groups is 1. The lowest BCUT2D eigenvalue weighted by atomic mass is 10.1. The molecule has 7 heteroatoms.